The lowest BCUT2D eigenvalue weighted by atomic mass is 9.70. The van der Waals surface area contributed by atoms with Crippen molar-refractivity contribution in [1.82, 2.24) is 0 Å². The van der Waals surface area contributed by atoms with Gasteiger partial charge < -0.3 is 0 Å². The van der Waals surface area contributed by atoms with Gasteiger partial charge in [0.1, 0.15) is 0 Å². The van der Waals surface area contributed by atoms with Gasteiger partial charge in [-0.1, -0.05) is 13.8 Å². The Bertz CT molecular complexity index is 320. The monoisotopic (exact) mass is 233 g/mol. The molecule has 0 aliphatic heterocycles. The number of rotatable bonds is 2. The van der Waals surface area contributed by atoms with Crippen LogP contribution in [0.5, 0.6) is 0 Å². The maximum Gasteiger partial charge on any atom is 0.214 e. The highest BCUT2D eigenvalue weighted by atomic mass is 32.2. The molecule has 0 saturated heterocycles. The molecule has 0 aromatic heterocycles. The molecule has 1 rings (SSSR count). The fourth-order valence-corrected chi connectivity index (χ4v) is 3.03. The summed E-state index contributed by atoms with van der Waals surface area (Å²) in [6.45, 7) is 8.00. The van der Waals surface area contributed by atoms with Gasteiger partial charge in [0.25, 0.3) is 0 Å². The van der Waals surface area contributed by atoms with E-state index in [1.807, 2.05) is 0 Å². The van der Waals surface area contributed by atoms with Crippen LogP contribution in [0.2, 0.25) is 0 Å². The smallest absolute Gasteiger partial charge is 0.214 e. The summed E-state index contributed by atoms with van der Waals surface area (Å²) in [6.07, 6.45) is 4.13. The largest absolute Gasteiger partial charge is 0.228 e. The van der Waals surface area contributed by atoms with E-state index >= 15 is 0 Å². The summed E-state index contributed by atoms with van der Waals surface area (Å²) >= 11 is 0. The van der Waals surface area contributed by atoms with Gasteiger partial charge in [0.05, 0.1) is 4.75 Å². The molecule has 1 saturated carbocycles. The van der Waals surface area contributed by atoms with E-state index in [0.717, 1.165) is 25.7 Å². The van der Waals surface area contributed by atoms with E-state index in [1.54, 1.807) is 13.8 Å². The minimum absolute atomic E-state index is 0.209. The van der Waals surface area contributed by atoms with Crippen molar-refractivity contribution in [1.29, 1.82) is 0 Å². The molecule has 0 heterocycles. The molecule has 3 nitrogen and oxygen atoms in total. The minimum Gasteiger partial charge on any atom is -0.228 e. The van der Waals surface area contributed by atoms with Crippen LogP contribution in [-0.2, 0) is 10.0 Å². The van der Waals surface area contributed by atoms with Crippen LogP contribution in [0.4, 0.5) is 0 Å². The van der Waals surface area contributed by atoms with Crippen LogP contribution >= 0.6 is 0 Å². The third-order valence-electron chi connectivity index (χ3n) is 4.06. The van der Waals surface area contributed by atoms with E-state index in [-0.39, 0.29) is 5.92 Å². The molecule has 0 atom stereocenters. The Morgan fingerprint density at radius 3 is 1.93 bits per heavy atom. The average molecular weight is 233 g/mol. The number of hydrogen-bond acceptors (Lipinski definition) is 2. The quantitative estimate of drug-likeness (QED) is 0.795. The van der Waals surface area contributed by atoms with E-state index in [0.29, 0.717) is 5.41 Å². The lowest BCUT2D eigenvalue weighted by molar-refractivity contribution is 0.168. The van der Waals surface area contributed by atoms with E-state index < -0.39 is 14.8 Å². The van der Waals surface area contributed by atoms with Crippen molar-refractivity contribution in [3.05, 3.63) is 0 Å². The summed E-state index contributed by atoms with van der Waals surface area (Å²) in [5.74, 6) is 0.209. The summed E-state index contributed by atoms with van der Waals surface area (Å²) in [7, 11) is -3.44. The van der Waals surface area contributed by atoms with Crippen LogP contribution in [0.25, 0.3) is 0 Å². The van der Waals surface area contributed by atoms with Gasteiger partial charge in [-0.25, -0.2) is 13.6 Å². The Balaban J connectivity index is 2.77. The van der Waals surface area contributed by atoms with Gasteiger partial charge in [0.2, 0.25) is 10.0 Å². The first-order valence-corrected chi connectivity index (χ1v) is 7.13. The molecule has 15 heavy (non-hydrogen) atoms. The van der Waals surface area contributed by atoms with Crippen molar-refractivity contribution >= 4 is 10.0 Å². The van der Waals surface area contributed by atoms with Crippen LogP contribution < -0.4 is 5.14 Å². The van der Waals surface area contributed by atoms with Crippen LogP contribution in [0.15, 0.2) is 0 Å². The third kappa shape index (κ3) is 2.72. The van der Waals surface area contributed by atoms with Crippen molar-refractivity contribution in [2.24, 2.45) is 16.5 Å². The van der Waals surface area contributed by atoms with Crippen molar-refractivity contribution in [2.75, 3.05) is 0 Å². The van der Waals surface area contributed by atoms with Crippen LogP contribution in [0.1, 0.15) is 53.4 Å². The second kappa shape index (κ2) is 3.74. The van der Waals surface area contributed by atoms with E-state index in [4.69, 9.17) is 5.14 Å². The number of sulfonamides is 1. The summed E-state index contributed by atoms with van der Waals surface area (Å²) in [6, 6.07) is 0. The molecular formula is C11H23NO2S. The minimum atomic E-state index is -3.44. The van der Waals surface area contributed by atoms with Gasteiger partial charge in [0, 0.05) is 0 Å². The lowest BCUT2D eigenvalue weighted by Crippen LogP contribution is -2.46. The molecule has 1 fully saturated rings. The van der Waals surface area contributed by atoms with Crippen LogP contribution in [0.3, 0.4) is 0 Å². The fraction of sp³-hybridized carbons (Fsp3) is 1.00. The predicted molar refractivity (Wildman–Crippen MR) is 62.9 cm³/mol. The molecule has 4 heteroatoms. The van der Waals surface area contributed by atoms with Crippen molar-refractivity contribution in [3.63, 3.8) is 0 Å². The Morgan fingerprint density at radius 1 is 1.20 bits per heavy atom. The molecule has 2 N–H and O–H groups in total. The summed E-state index contributed by atoms with van der Waals surface area (Å²) < 4.78 is 22.2. The molecule has 0 radical (unpaired) electrons. The molecule has 0 spiro atoms. The Morgan fingerprint density at radius 2 is 1.60 bits per heavy atom. The molecule has 0 bridgehead atoms. The SMILES string of the molecule is CC1(C)CCC(C(C)(C)S(N)(=O)=O)CC1. The molecule has 0 unspecified atom stereocenters. The fourth-order valence-electron chi connectivity index (χ4n) is 2.33. The zero-order valence-electron chi connectivity index (χ0n) is 10.2. The molecular weight excluding hydrogens is 210 g/mol. The Labute approximate surface area is 93.5 Å². The Hall–Kier alpha value is -0.0900. The highest BCUT2D eigenvalue weighted by Crippen LogP contribution is 2.43. The second-order valence-electron chi connectivity index (χ2n) is 6.09. The molecule has 90 valence electrons. The number of primary sulfonamides is 1. The zero-order chi connectivity index (χ0) is 11.9. The van der Waals surface area contributed by atoms with Crippen LogP contribution in [0, 0.1) is 11.3 Å². The highest BCUT2D eigenvalue weighted by molar-refractivity contribution is 7.90. The number of nitrogens with two attached hydrogens (primary N) is 1. The summed E-state index contributed by atoms with van der Waals surface area (Å²) in [5.41, 5.74) is 0.366. The van der Waals surface area contributed by atoms with Gasteiger partial charge in [-0.15, -0.1) is 0 Å². The van der Waals surface area contributed by atoms with Crippen LogP contribution in [-0.4, -0.2) is 13.2 Å². The van der Waals surface area contributed by atoms with E-state index in [9.17, 15) is 8.42 Å². The van der Waals surface area contributed by atoms with E-state index in [2.05, 4.69) is 13.8 Å². The van der Waals surface area contributed by atoms with Gasteiger partial charge >= 0.3 is 0 Å². The summed E-state index contributed by atoms with van der Waals surface area (Å²) in [5, 5.41) is 5.28. The van der Waals surface area contributed by atoms with Gasteiger partial charge in [-0.2, -0.15) is 0 Å². The number of hydrogen-bond donors (Lipinski definition) is 1. The first kappa shape index (κ1) is 13.0. The van der Waals surface area contributed by atoms with Gasteiger partial charge in [-0.3, -0.25) is 0 Å². The molecule has 1 aliphatic rings. The standard InChI is InChI=1S/C11H23NO2S/c1-10(2)7-5-9(6-8-10)11(3,4)15(12,13)14/h9H,5-8H2,1-4H3,(H2,12,13,14). The molecule has 1 aliphatic carbocycles. The third-order valence-corrected chi connectivity index (χ3v) is 5.86. The summed E-state index contributed by atoms with van der Waals surface area (Å²) in [4.78, 5) is 0. The predicted octanol–water partition coefficient (Wildman–Crippen LogP) is 2.27. The normalized spacial score (nSPS) is 24.1. The average Bonchev–Trinajstić information content (AvgIpc) is 2.01. The van der Waals surface area contributed by atoms with Crippen molar-refractivity contribution in [2.45, 2.75) is 58.1 Å². The second-order valence-corrected chi connectivity index (χ2v) is 8.23. The lowest BCUT2D eigenvalue weighted by Gasteiger charge is -2.40. The van der Waals surface area contributed by atoms with Crippen molar-refractivity contribution < 1.29 is 8.42 Å². The molecule has 0 aromatic rings. The first-order valence-electron chi connectivity index (χ1n) is 5.59. The Kier molecular flexibility index (Phi) is 3.23. The van der Waals surface area contributed by atoms with E-state index in [1.165, 1.54) is 0 Å². The maximum absolute atomic E-state index is 11.5. The maximum atomic E-state index is 11.5. The molecule has 0 amide bonds. The zero-order valence-corrected chi connectivity index (χ0v) is 11.0. The highest BCUT2D eigenvalue weighted by Gasteiger charge is 2.42. The van der Waals surface area contributed by atoms with Gasteiger partial charge in [-0.05, 0) is 50.9 Å². The topological polar surface area (TPSA) is 60.2 Å². The van der Waals surface area contributed by atoms with Crippen molar-refractivity contribution in [3.8, 4) is 0 Å². The van der Waals surface area contributed by atoms with Gasteiger partial charge in [0.15, 0.2) is 0 Å². The first-order chi connectivity index (χ1) is 6.56. The molecule has 0 aromatic carbocycles.